The second-order valence-electron chi connectivity index (χ2n) is 6.81. The Morgan fingerprint density at radius 2 is 2.00 bits per heavy atom. The highest BCUT2D eigenvalue weighted by molar-refractivity contribution is 9.10. The summed E-state index contributed by atoms with van der Waals surface area (Å²) in [4.78, 5) is 5.53. The molecule has 28 heavy (non-hydrogen) atoms. The topological polar surface area (TPSA) is 37.7 Å². The summed E-state index contributed by atoms with van der Waals surface area (Å²) in [5.74, 6) is 0.910. The summed E-state index contributed by atoms with van der Waals surface area (Å²) >= 11 is 5.35. The van der Waals surface area contributed by atoms with Gasteiger partial charge < -0.3 is 4.74 Å². The maximum Gasteiger partial charge on any atom is 0.215 e. The molecule has 2 aliphatic heterocycles. The first kappa shape index (κ1) is 17.8. The van der Waals surface area contributed by atoms with E-state index in [1.165, 1.54) is 4.90 Å². The van der Waals surface area contributed by atoms with Crippen molar-refractivity contribution >= 4 is 33.4 Å². The van der Waals surface area contributed by atoms with Crippen molar-refractivity contribution in [3.8, 4) is 5.75 Å². The fourth-order valence-electron chi connectivity index (χ4n) is 3.76. The van der Waals surface area contributed by atoms with Gasteiger partial charge in [0.25, 0.3) is 0 Å². The lowest BCUT2D eigenvalue weighted by molar-refractivity contribution is -0.0192. The average Bonchev–Trinajstić information content (AvgIpc) is 3.20. The highest BCUT2D eigenvalue weighted by atomic mass is 79.9. The molecular weight excluding hydrogens is 434 g/mol. The monoisotopic (exact) mass is 451 g/mol. The summed E-state index contributed by atoms with van der Waals surface area (Å²) in [6, 6.07) is 18.9. The molecule has 140 valence electrons. The van der Waals surface area contributed by atoms with Crippen molar-refractivity contribution in [3.63, 3.8) is 0 Å². The number of hydrogen-bond donors (Lipinski definition) is 0. The van der Waals surface area contributed by atoms with Crippen LogP contribution in [0.15, 0.2) is 81.5 Å². The fraction of sp³-hybridized carbons (Fsp3) is 0.182. The molecule has 6 heteroatoms. The average molecular weight is 452 g/mol. The molecule has 0 bridgehead atoms. The molecule has 2 atom stereocenters. The van der Waals surface area contributed by atoms with Gasteiger partial charge in [0.1, 0.15) is 5.75 Å². The Morgan fingerprint density at radius 1 is 1.14 bits per heavy atom. The molecule has 0 aliphatic carbocycles. The molecule has 1 aromatic heterocycles. The van der Waals surface area contributed by atoms with Gasteiger partial charge in [0.15, 0.2) is 0 Å². The number of pyridine rings is 1. The molecule has 0 saturated carbocycles. The quantitative estimate of drug-likeness (QED) is 0.471. The van der Waals surface area contributed by atoms with E-state index in [2.05, 4.69) is 62.5 Å². The summed E-state index contributed by atoms with van der Waals surface area (Å²) in [5, 5.41) is 7.08. The zero-order valence-electron chi connectivity index (χ0n) is 15.2. The standard InChI is InChI=1S/C22H18BrN3OS/c1-28-17-7-4-14(5-8-17)19-12-20-18-11-16(23)6-9-21(18)27-22(26(20)25-19)15-3-2-10-24-13-15/h2-11,13,20,22H,12H2,1H3. The normalized spacial score (nSPS) is 20.2. The second kappa shape index (κ2) is 7.26. The van der Waals surface area contributed by atoms with E-state index in [4.69, 9.17) is 9.84 Å². The van der Waals surface area contributed by atoms with Crippen molar-refractivity contribution in [2.75, 3.05) is 6.26 Å². The predicted molar refractivity (Wildman–Crippen MR) is 116 cm³/mol. The van der Waals surface area contributed by atoms with Gasteiger partial charge in [-0.1, -0.05) is 34.1 Å². The molecule has 0 spiro atoms. The predicted octanol–water partition coefficient (Wildman–Crippen LogP) is 5.81. The largest absolute Gasteiger partial charge is 0.464 e. The second-order valence-corrected chi connectivity index (χ2v) is 8.61. The van der Waals surface area contributed by atoms with Gasteiger partial charge in [-0.15, -0.1) is 11.8 Å². The van der Waals surface area contributed by atoms with Crippen LogP contribution in [0.2, 0.25) is 0 Å². The van der Waals surface area contributed by atoms with Crippen molar-refractivity contribution in [3.05, 3.63) is 88.2 Å². The van der Waals surface area contributed by atoms with E-state index in [-0.39, 0.29) is 12.3 Å². The summed E-state index contributed by atoms with van der Waals surface area (Å²) in [6.45, 7) is 0. The van der Waals surface area contributed by atoms with Crippen molar-refractivity contribution in [1.82, 2.24) is 9.99 Å². The van der Waals surface area contributed by atoms with Crippen LogP contribution in [-0.2, 0) is 0 Å². The van der Waals surface area contributed by atoms with Gasteiger partial charge in [-0.25, -0.2) is 5.01 Å². The maximum atomic E-state index is 6.36. The van der Waals surface area contributed by atoms with Crippen LogP contribution in [0.3, 0.4) is 0 Å². The summed E-state index contributed by atoms with van der Waals surface area (Å²) in [6.07, 6.45) is 6.29. The van der Waals surface area contributed by atoms with Crippen LogP contribution < -0.4 is 4.74 Å². The fourth-order valence-corrected chi connectivity index (χ4v) is 4.55. The Kier molecular flexibility index (Phi) is 4.61. The molecule has 2 aliphatic rings. The third-order valence-corrected chi connectivity index (χ3v) is 6.38. The highest BCUT2D eigenvalue weighted by Gasteiger charge is 2.41. The van der Waals surface area contributed by atoms with Gasteiger partial charge in [-0.05, 0) is 48.2 Å². The van der Waals surface area contributed by atoms with E-state index in [0.717, 1.165) is 39.0 Å². The number of halogens is 1. The number of hydrazone groups is 1. The number of aromatic nitrogens is 1. The molecular formula is C22H18BrN3OS. The third-order valence-electron chi connectivity index (χ3n) is 5.14. The minimum absolute atomic E-state index is 0.140. The Balaban J connectivity index is 1.57. The van der Waals surface area contributed by atoms with Gasteiger partial charge in [0.05, 0.1) is 11.8 Å². The van der Waals surface area contributed by atoms with Crippen molar-refractivity contribution in [1.29, 1.82) is 0 Å². The number of nitrogens with zero attached hydrogens (tertiary/aromatic N) is 3. The summed E-state index contributed by atoms with van der Waals surface area (Å²) in [5.41, 5.74) is 4.41. The molecule has 2 aromatic carbocycles. The molecule has 4 nitrogen and oxygen atoms in total. The van der Waals surface area contributed by atoms with Crippen LogP contribution in [0.5, 0.6) is 5.75 Å². The number of fused-ring (bicyclic) bond motifs is 3. The van der Waals surface area contributed by atoms with Gasteiger partial charge >= 0.3 is 0 Å². The van der Waals surface area contributed by atoms with Crippen molar-refractivity contribution in [2.45, 2.75) is 23.6 Å². The van der Waals surface area contributed by atoms with Gasteiger partial charge in [0.2, 0.25) is 6.23 Å². The summed E-state index contributed by atoms with van der Waals surface area (Å²) < 4.78 is 7.41. The molecule has 0 saturated heterocycles. The van der Waals surface area contributed by atoms with Crippen LogP contribution in [0, 0.1) is 0 Å². The number of ether oxygens (including phenoxy) is 1. The van der Waals surface area contributed by atoms with Crippen molar-refractivity contribution < 1.29 is 4.74 Å². The lowest BCUT2D eigenvalue weighted by Gasteiger charge is -2.38. The molecule has 5 rings (SSSR count). The molecule has 3 heterocycles. The number of rotatable bonds is 3. The smallest absolute Gasteiger partial charge is 0.215 e. The molecule has 0 fully saturated rings. The number of hydrogen-bond acceptors (Lipinski definition) is 5. The van der Waals surface area contributed by atoms with E-state index in [9.17, 15) is 0 Å². The van der Waals surface area contributed by atoms with Gasteiger partial charge in [-0.2, -0.15) is 5.10 Å². The molecule has 3 aromatic rings. The first-order valence-corrected chi connectivity index (χ1v) is 11.1. The molecule has 0 N–H and O–H groups in total. The van der Waals surface area contributed by atoms with Crippen LogP contribution >= 0.6 is 27.7 Å². The van der Waals surface area contributed by atoms with E-state index in [1.807, 2.05) is 30.5 Å². The first-order valence-electron chi connectivity index (χ1n) is 9.09. The Hall–Kier alpha value is -2.31. The summed E-state index contributed by atoms with van der Waals surface area (Å²) in [7, 11) is 0. The number of thioether (sulfide) groups is 1. The zero-order valence-corrected chi connectivity index (χ0v) is 17.7. The number of benzene rings is 2. The van der Waals surface area contributed by atoms with Gasteiger partial charge in [-0.3, -0.25) is 4.98 Å². The van der Waals surface area contributed by atoms with E-state index < -0.39 is 0 Å². The Bertz CT molecular complexity index is 1040. The molecule has 2 unspecified atom stereocenters. The highest BCUT2D eigenvalue weighted by Crippen LogP contribution is 2.48. The first-order chi connectivity index (χ1) is 13.7. The van der Waals surface area contributed by atoms with Crippen LogP contribution in [0.1, 0.15) is 35.4 Å². The molecule has 0 radical (unpaired) electrons. The Labute approximate surface area is 176 Å². The minimum atomic E-state index is -0.282. The van der Waals surface area contributed by atoms with E-state index in [1.54, 1.807) is 18.0 Å². The van der Waals surface area contributed by atoms with Gasteiger partial charge in [0, 0.05) is 39.3 Å². The lowest BCUT2D eigenvalue weighted by atomic mass is 9.96. The molecule has 0 amide bonds. The lowest BCUT2D eigenvalue weighted by Crippen LogP contribution is -2.33. The SMILES string of the molecule is CSc1ccc(C2=NN3C(C2)c2cc(Br)ccc2OC3c2cccnc2)cc1. The van der Waals surface area contributed by atoms with Crippen LogP contribution in [0.4, 0.5) is 0 Å². The Morgan fingerprint density at radius 3 is 2.75 bits per heavy atom. The van der Waals surface area contributed by atoms with E-state index in [0.29, 0.717) is 0 Å². The van der Waals surface area contributed by atoms with Crippen LogP contribution in [0.25, 0.3) is 0 Å². The third kappa shape index (κ3) is 3.10. The maximum absolute atomic E-state index is 6.36. The van der Waals surface area contributed by atoms with Crippen molar-refractivity contribution in [2.24, 2.45) is 5.10 Å². The minimum Gasteiger partial charge on any atom is -0.464 e. The van der Waals surface area contributed by atoms with E-state index >= 15 is 0 Å². The van der Waals surface area contributed by atoms with Crippen LogP contribution in [-0.4, -0.2) is 22.0 Å². The zero-order chi connectivity index (χ0) is 19.1.